The highest BCUT2D eigenvalue weighted by Crippen LogP contribution is 2.26. The molecular weight excluding hydrogens is 371 g/mol. The van der Waals surface area contributed by atoms with Crippen LogP contribution in [0, 0.1) is 5.82 Å². The number of nitrogen functional groups attached to an aromatic ring is 1. The molecule has 20 heavy (non-hydrogen) atoms. The highest BCUT2D eigenvalue weighted by Gasteiger charge is 2.18. The van der Waals surface area contributed by atoms with Crippen LogP contribution < -0.4 is 10.5 Å². The van der Waals surface area contributed by atoms with E-state index in [4.69, 9.17) is 17.3 Å². The van der Waals surface area contributed by atoms with Crippen molar-refractivity contribution in [2.75, 3.05) is 10.5 Å². The number of nitrogens with two attached hydrogens (primary N) is 1. The third-order valence-electron chi connectivity index (χ3n) is 2.44. The number of rotatable bonds is 3. The van der Waals surface area contributed by atoms with Gasteiger partial charge in [0.25, 0.3) is 10.0 Å². The highest BCUT2D eigenvalue weighted by atomic mass is 79.9. The fraction of sp³-hybridized carbons (Fsp3) is 0. The molecule has 0 aromatic heterocycles. The number of nitrogens with one attached hydrogen (secondary N) is 1. The van der Waals surface area contributed by atoms with Crippen molar-refractivity contribution in [2.24, 2.45) is 0 Å². The Labute approximate surface area is 128 Å². The van der Waals surface area contributed by atoms with Gasteiger partial charge in [0.15, 0.2) is 0 Å². The Kier molecular flexibility index (Phi) is 4.22. The van der Waals surface area contributed by atoms with Crippen LogP contribution in [-0.4, -0.2) is 8.42 Å². The molecule has 0 radical (unpaired) electrons. The average molecular weight is 380 g/mol. The first-order valence-electron chi connectivity index (χ1n) is 5.32. The minimum atomic E-state index is -3.94. The highest BCUT2D eigenvalue weighted by molar-refractivity contribution is 9.10. The zero-order valence-electron chi connectivity index (χ0n) is 9.90. The molecule has 8 heteroatoms. The van der Waals surface area contributed by atoms with E-state index < -0.39 is 15.8 Å². The Hall–Kier alpha value is -1.31. The topological polar surface area (TPSA) is 72.2 Å². The van der Waals surface area contributed by atoms with Crippen LogP contribution in [0.25, 0.3) is 0 Å². The number of halogens is 3. The van der Waals surface area contributed by atoms with Crippen LogP contribution in [0.15, 0.2) is 45.8 Å². The summed E-state index contributed by atoms with van der Waals surface area (Å²) < 4.78 is 40.2. The molecule has 2 aromatic rings. The van der Waals surface area contributed by atoms with E-state index in [9.17, 15) is 12.8 Å². The SMILES string of the molecule is Nc1ccc(Cl)cc1S(=O)(=O)Nc1ccc(Br)c(F)c1. The monoisotopic (exact) mass is 378 g/mol. The number of sulfonamides is 1. The van der Waals surface area contributed by atoms with Crippen LogP contribution in [-0.2, 0) is 10.0 Å². The van der Waals surface area contributed by atoms with E-state index in [2.05, 4.69) is 20.7 Å². The van der Waals surface area contributed by atoms with E-state index in [1.807, 2.05) is 0 Å². The molecule has 0 bridgehead atoms. The Morgan fingerprint density at radius 2 is 1.90 bits per heavy atom. The van der Waals surface area contributed by atoms with Crippen LogP contribution in [0.4, 0.5) is 15.8 Å². The second-order valence-corrected chi connectivity index (χ2v) is 6.86. The molecule has 0 saturated heterocycles. The summed E-state index contributed by atoms with van der Waals surface area (Å²) in [6.07, 6.45) is 0. The van der Waals surface area contributed by atoms with Crippen LogP contribution in [0.1, 0.15) is 0 Å². The van der Waals surface area contributed by atoms with Gasteiger partial charge in [-0.2, -0.15) is 0 Å². The minimum absolute atomic E-state index is 0.0551. The molecule has 0 fully saturated rings. The molecule has 0 atom stereocenters. The molecular formula is C12H9BrClFN2O2S. The predicted octanol–water partition coefficient (Wildman–Crippen LogP) is 3.62. The standard InChI is InChI=1S/C12H9BrClFN2O2S/c13-9-3-2-8(6-10(9)15)17-20(18,19)12-5-7(14)1-4-11(12)16/h1-6,17H,16H2. The molecule has 106 valence electrons. The summed E-state index contributed by atoms with van der Waals surface area (Å²) >= 11 is 8.74. The Bertz CT molecular complexity index is 768. The van der Waals surface area contributed by atoms with Gasteiger partial charge in [-0.3, -0.25) is 4.72 Å². The van der Waals surface area contributed by atoms with Gasteiger partial charge in [-0.1, -0.05) is 11.6 Å². The van der Waals surface area contributed by atoms with Gasteiger partial charge in [-0.05, 0) is 52.3 Å². The van der Waals surface area contributed by atoms with Gasteiger partial charge in [-0.25, -0.2) is 12.8 Å². The third kappa shape index (κ3) is 3.23. The van der Waals surface area contributed by atoms with Crippen molar-refractivity contribution in [2.45, 2.75) is 4.90 Å². The summed E-state index contributed by atoms with van der Waals surface area (Å²) in [5, 5.41) is 0.238. The molecule has 0 aliphatic heterocycles. The normalized spacial score (nSPS) is 11.3. The van der Waals surface area contributed by atoms with Crippen LogP contribution in [0.2, 0.25) is 5.02 Å². The summed E-state index contributed by atoms with van der Waals surface area (Å²) in [6, 6.07) is 7.98. The molecule has 4 nitrogen and oxygen atoms in total. The van der Waals surface area contributed by atoms with Gasteiger partial charge in [0, 0.05) is 5.02 Å². The van der Waals surface area contributed by atoms with Gasteiger partial charge in [0.2, 0.25) is 0 Å². The molecule has 0 unspecified atom stereocenters. The number of hydrogen-bond donors (Lipinski definition) is 2. The quantitative estimate of drug-likeness (QED) is 0.800. The zero-order chi connectivity index (χ0) is 14.9. The maximum absolute atomic E-state index is 13.4. The maximum atomic E-state index is 13.4. The molecule has 0 saturated carbocycles. The first-order valence-corrected chi connectivity index (χ1v) is 7.98. The van der Waals surface area contributed by atoms with Gasteiger partial charge in [0.1, 0.15) is 10.7 Å². The van der Waals surface area contributed by atoms with E-state index in [-0.39, 0.29) is 25.8 Å². The lowest BCUT2D eigenvalue weighted by molar-refractivity contribution is 0.601. The smallest absolute Gasteiger partial charge is 0.263 e. The van der Waals surface area contributed by atoms with E-state index in [0.29, 0.717) is 0 Å². The first kappa shape index (κ1) is 15.1. The molecule has 0 amide bonds. The number of hydrogen-bond acceptors (Lipinski definition) is 3. The lowest BCUT2D eigenvalue weighted by Crippen LogP contribution is -2.15. The van der Waals surface area contributed by atoms with Gasteiger partial charge < -0.3 is 5.73 Å². The molecule has 0 spiro atoms. The molecule has 2 aromatic carbocycles. The second kappa shape index (κ2) is 5.59. The van der Waals surface area contributed by atoms with Crippen LogP contribution in [0.5, 0.6) is 0 Å². The average Bonchev–Trinajstić information content (AvgIpc) is 2.36. The van der Waals surface area contributed by atoms with Gasteiger partial charge in [0.05, 0.1) is 15.8 Å². The number of anilines is 2. The molecule has 3 N–H and O–H groups in total. The molecule has 0 aliphatic rings. The largest absolute Gasteiger partial charge is 0.398 e. The van der Waals surface area contributed by atoms with Crippen molar-refractivity contribution in [3.63, 3.8) is 0 Å². The van der Waals surface area contributed by atoms with E-state index in [0.717, 1.165) is 6.07 Å². The summed E-state index contributed by atoms with van der Waals surface area (Å²) in [7, 11) is -3.94. The third-order valence-corrected chi connectivity index (χ3v) is 4.75. The predicted molar refractivity (Wildman–Crippen MR) is 80.8 cm³/mol. The van der Waals surface area contributed by atoms with Gasteiger partial charge in [-0.15, -0.1) is 0 Å². The van der Waals surface area contributed by atoms with E-state index >= 15 is 0 Å². The molecule has 2 rings (SSSR count). The number of benzene rings is 2. The fourth-order valence-corrected chi connectivity index (χ4v) is 3.20. The van der Waals surface area contributed by atoms with Crippen molar-refractivity contribution in [3.8, 4) is 0 Å². The van der Waals surface area contributed by atoms with Crippen molar-refractivity contribution in [3.05, 3.63) is 51.7 Å². The van der Waals surface area contributed by atoms with Crippen LogP contribution in [0.3, 0.4) is 0 Å². The van der Waals surface area contributed by atoms with Crippen molar-refractivity contribution < 1.29 is 12.8 Å². The summed E-state index contributed by atoms with van der Waals surface area (Å²) in [5.41, 5.74) is 5.77. The summed E-state index contributed by atoms with van der Waals surface area (Å²) in [4.78, 5) is -0.159. The van der Waals surface area contributed by atoms with E-state index in [1.165, 1.54) is 30.3 Å². The Morgan fingerprint density at radius 3 is 2.55 bits per heavy atom. The molecule has 0 aliphatic carbocycles. The summed E-state index contributed by atoms with van der Waals surface area (Å²) in [5.74, 6) is -0.579. The first-order chi connectivity index (χ1) is 9.29. The lowest BCUT2D eigenvalue weighted by Gasteiger charge is -2.10. The Morgan fingerprint density at radius 1 is 1.20 bits per heavy atom. The molecule has 0 heterocycles. The van der Waals surface area contributed by atoms with Crippen molar-refractivity contribution in [1.82, 2.24) is 0 Å². The van der Waals surface area contributed by atoms with Gasteiger partial charge >= 0.3 is 0 Å². The van der Waals surface area contributed by atoms with Crippen LogP contribution >= 0.6 is 27.5 Å². The van der Waals surface area contributed by atoms with E-state index in [1.54, 1.807) is 0 Å². The zero-order valence-corrected chi connectivity index (χ0v) is 13.1. The fourth-order valence-electron chi connectivity index (χ4n) is 1.51. The summed E-state index contributed by atoms with van der Waals surface area (Å²) in [6.45, 7) is 0. The lowest BCUT2D eigenvalue weighted by atomic mass is 10.3. The maximum Gasteiger partial charge on any atom is 0.263 e. The minimum Gasteiger partial charge on any atom is -0.398 e. The van der Waals surface area contributed by atoms with Crippen molar-refractivity contribution >= 4 is 48.9 Å². The second-order valence-electron chi connectivity index (χ2n) is 3.92. The van der Waals surface area contributed by atoms with Crippen molar-refractivity contribution in [1.29, 1.82) is 0 Å². The Balaban J connectivity index is 2.40.